The van der Waals surface area contributed by atoms with E-state index in [0.717, 1.165) is 18.2 Å². The molecule has 3 aromatic carbocycles. The Bertz CT molecular complexity index is 1520. The monoisotopic (exact) mass is 620 g/mol. The lowest BCUT2D eigenvalue weighted by molar-refractivity contribution is -0.394. The van der Waals surface area contributed by atoms with E-state index >= 15 is 0 Å². The van der Waals surface area contributed by atoms with Gasteiger partial charge in [0.1, 0.15) is 11.6 Å². The second kappa shape index (κ2) is 12.4. The van der Waals surface area contributed by atoms with Gasteiger partial charge in [-0.05, 0) is 64.8 Å². The molecule has 0 aliphatic carbocycles. The average molecular weight is 622 g/mol. The van der Waals surface area contributed by atoms with Gasteiger partial charge in [0.25, 0.3) is 11.6 Å². The minimum atomic E-state index is -0.808. The van der Waals surface area contributed by atoms with E-state index in [1.165, 1.54) is 24.3 Å². The minimum absolute atomic E-state index is 0.0367. The molecule has 3 rings (SSSR count). The van der Waals surface area contributed by atoms with Crippen molar-refractivity contribution in [2.24, 2.45) is 0 Å². The minimum Gasteiger partial charge on any atom is -0.490 e. The SMILES string of the molecule is CCOc1cc(/C=C(\C#N)C(=O)Nc2cccc(Cl)c2Cl)cc(Br)c1Oc1ccc([N+](=O)[O-])cc1[N+](=O)[O-]. The number of halogens is 3. The van der Waals surface area contributed by atoms with Crippen molar-refractivity contribution in [2.75, 3.05) is 11.9 Å². The molecule has 0 saturated carbocycles. The maximum absolute atomic E-state index is 12.7. The number of nitriles is 1. The standard InChI is InChI=1S/C24H15BrCl2N4O7/c1-2-37-21-10-13(8-14(12-28)24(32)29-18-5-3-4-17(26)22(18)27)9-16(25)23(21)38-20-7-6-15(30(33)34)11-19(20)31(35)36/h3-11H,2H2,1H3,(H,29,32)/b14-8+. The molecule has 3 aromatic rings. The van der Waals surface area contributed by atoms with Gasteiger partial charge >= 0.3 is 5.69 Å². The molecule has 0 unspecified atom stereocenters. The summed E-state index contributed by atoms with van der Waals surface area (Å²) in [6.07, 6.45) is 1.29. The smallest absolute Gasteiger partial charge is 0.318 e. The van der Waals surface area contributed by atoms with Crippen LogP contribution < -0.4 is 14.8 Å². The molecular weight excluding hydrogens is 607 g/mol. The van der Waals surface area contributed by atoms with E-state index in [9.17, 15) is 30.3 Å². The second-order valence-corrected chi connectivity index (χ2v) is 8.90. The molecule has 0 saturated heterocycles. The van der Waals surface area contributed by atoms with Crippen LogP contribution in [0.25, 0.3) is 6.08 Å². The molecule has 194 valence electrons. The van der Waals surface area contributed by atoms with Gasteiger partial charge in [-0.15, -0.1) is 0 Å². The number of carbonyl (C=O) groups excluding carboxylic acids is 1. The highest BCUT2D eigenvalue weighted by atomic mass is 79.9. The van der Waals surface area contributed by atoms with Crippen LogP contribution in [-0.2, 0) is 4.79 Å². The zero-order valence-electron chi connectivity index (χ0n) is 19.2. The molecule has 0 atom stereocenters. The Hall–Kier alpha value is -4.18. The van der Waals surface area contributed by atoms with Crippen LogP contribution in [0.4, 0.5) is 17.1 Å². The molecular formula is C24H15BrCl2N4O7. The molecule has 11 nitrogen and oxygen atoms in total. The summed E-state index contributed by atoms with van der Waals surface area (Å²) in [7, 11) is 0. The van der Waals surface area contributed by atoms with E-state index in [-0.39, 0.29) is 49.6 Å². The quantitative estimate of drug-likeness (QED) is 0.113. The van der Waals surface area contributed by atoms with E-state index in [4.69, 9.17) is 32.7 Å². The van der Waals surface area contributed by atoms with Crippen LogP contribution in [0.5, 0.6) is 17.2 Å². The largest absolute Gasteiger partial charge is 0.490 e. The number of ether oxygens (including phenoxy) is 2. The Balaban J connectivity index is 1.99. The van der Waals surface area contributed by atoms with E-state index < -0.39 is 27.1 Å². The van der Waals surface area contributed by atoms with Gasteiger partial charge in [-0.25, -0.2) is 0 Å². The molecule has 0 spiro atoms. The second-order valence-electron chi connectivity index (χ2n) is 7.26. The number of nitro groups is 2. The van der Waals surface area contributed by atoms with Crippen molar-refractivity contribution < 1.29 is 24.1 Å². The third kappa shape index (κ3) is 6.57. The van der Waals surface area contributed by atoms with Crippen molar-refractivity contribution in [3.05, 3.63) is 94.4 Å². The van der Waals surface area contributed by atoms with E-state index in [1.807, 2.05) is 6.07 Å². The molecule has 0 heterocycles. The molecule has 1 amide bonds. The first-order valence-electron chi connectivity index (χ1n) is 10.5. The first-order valence-corrected chi connectivity index (χ1v) is 12.0. The van der Waals surface area contributed by atoms with Crippen molar-refractivity contribution in [1.29, 1.82) is 5.26 Å². The van der Waals surface area contributed by atoms with Gasteiger partial charge in [-0.3, -0.25) is 25.0 Å². The molecule has 14 heteroatoms. The third-order valence-corrected chi connectivity index (χ3v) is 6.18. The molecule has 1 N–H and O–H groups in total. The Morgan fingerprint density at radius 2 is 1.87 bits per heavy atom. The van der Waals surface area contributed by atoms with Gasteiger partial charge < -0.3 is 14.8 Å². The van der Waals surface area contributed by atoms with Crippen LogP contribution in [0, 0.1) is 31.6 Å². The fourth-order valence-corrected chi connectivity index (χ4v) is 3.99. The van der Waals surface area contributed by atoms with Gasteiger partial charge in [0.05, 0.1) is 42.7 Å². The number of nitro benzene ring substituents is 2. The number of amides is 1. The van der Waals surface area contributed by atoms with Crippen LogP contribution in [0.3, 0.4) is 0 Å². The summed E-state index contributed by atoms with van der Waals surface area (Å²) in [5, 5.41) is 34.9. The Morgan fingerprint density at radius 3 is 2.50 bits per heavy atom. The summed E-state index contributed by atoms with van der Waals surface area (Å²) >= 11 is 15.4. The highest BCUT2D eigenvalue weighted by Gasteiger charge is 2.24. The number of nitrogens with zero attached hydrogens (tertiary/aromatic N) is 3. The van der Waals surface area contributed by atoms with Crippen LogP contribution in [0.2, 0.25) is 10.0 Å². The lowest BCUT2D eigenvalue weighted by Gasteiger charge is -2.15. The topological polar surface area (TPSA) is 158 Å². The van der Waals surface area contributed by atoms with Crippen molar-refractivity contribution in [1.82, 2.24) is 0 Å². The number of non-ortho nitro benzene ring substituents is 1. The Kier molecular flexibility index (Phi) is 9.25. The molecule has 0 radical (unpaired) electrons. The Morgan fingerprint density at radius 1 is 1.13 bits per heavy atom. The number of hydrogen-bond acceptors (Lipinski definition) is 8. The fraction of sp³-hybridized carbons (Fsp3) is 0.0833. The molecule has 38 heavy (non-hydrogen) atoms. The maximum atomic E-state index is 12.7. The van der Waals surface area contributed by atoms with Crippen molar-refractivity contribution in [3.8, 4) is 23.3 Å². The van der Waals surface area contributed by atoms with Gasteiger partial charge in [-0.1, -0.05) is 29.3 Å². The van der Waals surface area contributed by atoms with Gasteiger partial charge in [0, 0.05) is 6.07 Å². The van der Waals surface area contributed by atoms with E-state index in [1.54, 1.807) is 19.1 Å². The fourth-order valence-electron chi connectivity index (χ4n) is 3.10. The molecule has 0 aliphatic rings. The zero-order chi connectivity index (χ0) is 28.0. The number of benzene rings is 3. The molecule has 0 aromatic heterocycles. The van der Waals surface area contributed by atoms with Crippen molar-refractivity contribution in [3.63, 3.8) is 0 Å². The number of carbonyl (C=O) groups is 1. The number of hydrogen-bond donors (Lipinski definition) is 1. The van der Waals surface area contributed by atoms with Gasteiger partial charge in [0.2, 0.25) is 5.75 Å². The normalized spacial score (nSPS) is 10.9. The van der Waals surface area contributed by atoms with Crippen LogP contribution in [0.15, 0.2) is 58.6 Å². The predicted octanol–water partition coefficient (Wildman–Crippen LogP) is 7.31. The van der Waals surface area contributed by atoms with Gasteiger partial charge in [0.15, 0.2) is 11.5 Å². The molecule has 0 bridgehead atoms. The van der Waals surface area contributed by atoms with Crippen LogP contribution in [0.1, 0.15) is 12.5 Å². The van der Waals surface area contributed by atoms with Crippen LogP contribution >= 0.6 is 39.1 Å². The van der Waals surface area contributed by atoms with Crippen molar-refractivity contribution in [2.45, 2.75) is 6.92 Å². The first-order chi connectivity index (χ1) is 18.0. The Labute approximate surface area is 233 Å². The third-order valence-electron chi connectivity index (χ3n) is 4.77. The molecule has 0 aliphatic heterocycles. The van der Waals surface area contributed by atoms with Gasteiger partial charge in [-0.2, -0.15) is 5.26 Å². The average Bonchev–Trinajstić information content (AvgIpc) is 2.87. The predicted molar refractivity (Wildman–Crippen MR) is 144 cm³/mol. The lowest BCUT2D eigenvalue weighted by Crippen LogP contribution is -2.13. The maximum Gasteiger partial charge on any atom is 0.318 e. The first kappa shape index (κ1) is 28.4. The van der Waals surface area contributed by atoms with Crippen LogP contribution in [-0.4, -0.2) is 22.4 Å². The van der Waals surface area contributed by atoms with E-state index in [2.05, 4.69) is 21.2 Å². The highest BCUT2D eigenvalue weighted by Crippen LogP contribution is 2.43. The summed E-state index contributed by atoms with van der Waals surface area (Å²) in [5.41, 5.74) is -0.796. The number of anilines is 1. The lowest BCUT2D eigenvalue weighted by atomic mass is 10.1. The number of nitrogens with one attached hydrogen (secondary N) is 1. The van der Waals surface area contributed by atoms with Crippen molar-refractivity contribution >= 4 is 68.2 Å². The summed E-state index contributed by atoms with van der Waals surface area (Å²) < 4.78 is 11.6. The zero-order valence-corrected chi connectivity index (χ0v) is 22.3. The highest BCUT2D eigenvalue weighted by molar-refractivity contribution is 9.10. The summed E-state index contributed by atoms with van der Waals surface area (Å²) in [5.74, 6) is -0.848. The molecule has 0 fully saturated rings. The summed E-state index contributed by atoms with van der Waals surface area (Å²) in [4.78, 5) is 33.6. The summed E-state index contributed by atoms with van der Waals surface area (Å²) in [6, 6.07) is 12.4. The summed E-state index contributed by atoms with van der Waals surface area (Å²) in [6.45, 7) is 1.87. The van der Waals surface area contributed by atoms with E-state index in [0.29, 0.717) is 5.56 Å². The number of rotatable bonds is 9.